The molecule has 1 atom stereocenters. The van der Waals surface area contributed by atoms with Crippen molar-refractivity contribution in [1.82, 2.24) is 14.9 Å². The molecule has 0 saturated carbocycles. The summed E-state index contributed by atoms with van der Waals surface area (Å²) >= 11 is 1.30. The number of imidazole rings is 1. The molecule has 1 unspecified atom stereocenters. The number of amides is 3. The number of aliphatic imine (C=N–C) groups is 1. The van der Waals surface area contributed by atoms with Crippen molar-refractivity contribution in [1.29, 1.82) is 0 Å². The SMILES string of the molecule is CCN(CC)C1=NC(=O)C(CC(=O)Nc2cccc(C(=O)Nc3ccc4[nH]c(=O)[nH]c4c3)c2)S1. The monoisotopic (exact) mass is 480 g/mol. The minimum Gasteiger partial charge on any atom is -0.352 e. The first-order valence-corrected chi connectivity index (χ1v) is 11.7. The standard InChI is InChI=1S/C23H24N6O4S/c1-3-29(4-2)23-28-21(32)18(34-23)12-19(30)24-14-7-5-6-13(10-14)20(31)25-15-8-9-16-17(11-15)27-22(33)26-16/h5-11,18H,3-4,12H2,1-2H3,(H,24,30)(H,25,31)(H2,26,27,33). The highest BCUT2D eigenvalue weighted by atomic mass is 32.2. The van der Waals surface area contributed by atoms with E-state index in [1.54, 1.807) is 42.5 Å². The molecule has 0 spiro atoms. The number of hydrogen-bond acceptors (Lipinski definition) is 6. The number of rotatable bonds is 7. The molecule has 4 N–H and O–H groups in total. The fraction of sp³-hybridized carbons (Fsp3) is 0.261. The summed E-state index contributed by atoms with van der Waals surface area (Å²) in [7, 11) is 0. The van der Waals surface area contributed by atoms with E-state index in [1.165, 1.54) is 11.8 Å². The number of nitrogens with one attached hydrogen (secondary N) is 4. The lowest BCUT2D eigenvalue weighted by atomic mass is 10.1. The molecule has 2 aromatic carbocycles. The van der Waals surface area contributed by atoms with Crippen molar-refractivity contribution < 1.29 is 14.4 Å². The molecule has 0 aliphatic carbocycles. The molecule has 2 heterocycles. The number of nitrogens with zero attached hydrogens (tertiary/aromatic N) is 2. The first kappa shape index (κ1) is 23.3. The molecule has 11 heteroatoms. The second kappa shape index (κ2) is 9.96. The number of H-pyrrole nitrogens is 2. The molecule has 4 rings (SSSR count). The van der Waals surface area contributed by atoms with Crippen LogP contribution in [0.1, 0.15) is 30.6 Å². The Kier molecular flexibility index (Phi) is 6.82. The molecule has 3 aromatic rings. The Morgan fingerprint density at radius 2 is 1.74 bits per heavy atom. The molecule has 0 fully saturated rings. The van der Waals surface area contributed by atoms with E-state index < -0.39 is 5.25 Å². The highest BCUT2D eigenvalue weighted by molar-refractivity contribution is 8.15. The molecule has 0 radical (unpaired) electrons. The van der Waals surface area contributed by atoms with E-state index >= 15 is 0 Å². The fourth-order valence-corrected chi connectivity index (χ4v) is 4.76. The lowest BCUT2D eigenvalue weighted by molar-refractivity contribution is -0.121. The smallest absolute Gasteiger partial charge is 0.323 e. The maximum Gasteiger partial charge on any atom is 0.323 e. The minimum absolute atomic E-state index is 0.0108. The zero-order chi connectivity index (χ0) is 24.2. The molecule has 3 amide bonds. The summed E-state index contributed by atoms with van der Waals surface area (Å²) in [6, 6.07) is 11.5. The highest BCUT2D eigenvalue weighted by Crippen LogP contribution is 2.27. The van der Waals surface area contributed by atoms with Crippen LogP contribution in [0.5, 0.6) is 0 Å². The van der Waals surface area contributed by atoms with Gasteiger partial charge in [0.25, 0.3) is 11.8 Å². The van der Waals surface area contributed by atoms with Crippen LogP contribution >= 0.6 is 11.8 Å². The Morgan fingerprint density at radius 1 is 1.00 bits per heavy atom. The van der Waals surface area contributed by atoms with E-state index in [-0.39, 0.29) is 29.8 Å². The number of carbonyl (C=O) groups excluding carboxylic acids is 3. The predicted molar refractivity (Wildman–Crippen MR) is 133 cm³/mol. The van der Waals surface area contributed by atoms with Gasteiger partial charge in [-0.3, -0.25) is 14.4 Å². The van der Waals surface area contributed by atoms with Crippen LogP contribution in [0.4, 0.5) is 11.4 Å². The van der Waals surface area contributed by atoms with E-state index in [4.69, 9.17) is 0 Å². The summed E-state index contributed by atoms with van der Waals surface area (Å²) in [5.74, 6) is -1.01. The van der Waals surface area contributed by atoms with Crippen LogP contribution < -0.4 is 16.3 Å². The molecule has 0 bridgehead atoms. The van der Waals surface area contributed by atoms with Gasteiger partial charge in [-0.25, -0.2) is 4.79 Å². The lowest BCUT2D eigenvalue weighted by Crippen LogP contribution is -2.27. The lowest BCUT2D eigenvalue weighted by Gasteiger charge is -2.19. The number of anilines is 2. The van der Waals surface area contributed by atoms with Gasteiger partial charge in [-0.1, -0.05) is 17.8 Å². The molecule has 0 saturated heterocycles. The van der Waals surface area contributed by atoms with Crippen LogP contribution in [0.3, 0.4) is 0 Å². The van der Waals surface area contributed by atoms with E-state index in [0.29, 0.717) is 33.1 Å². The van der Waals surface area contributed by atoms with Gasteiger partial charge in [0.1, 0.15) is 5.25 Å². The number of amidine groups is 1. The van der Waals surface area contributed by atoms with Gasteiger partial charge in [0.2, 0.25) is 5.91 Å². The Bertz CT molecular complexity index is 1340. The number of hydrogen-bond donors (Lipinski definition) is 4. The summed E-state index contributed by atoms with van der Waals surface area (Å²) in [6.07, 6.45) is -0.0108. The number of benzene rings is 2. The quantitative estimate of drug-likeness (QED) is 0.410. The summed E-state index contributed by atoms with van der Waals surface area (Å²) in [4.78, 5) is 60.2. The van der Waals surface area contributed by atoms with E-state index in [2.05, 4.69) is 25.6 Å². The molecule has 1 aliphatic heterocycles. The van der Waals surface area contributed by atoms with Crippen LogP contribution in [-0.2, 0) is 9.59 Å². The van der Waals surface area contributed by atoms with Crippen LogP contribution in [0.2, 0.25) is 0 Å². The summed E-state index contributed by atoms with van der Waals surface area (Å²) < 4.78 is 0. The van der Waals surface area contributed by atoms with Gasteiger partial charge in [0, 0.05) is 36.4 Å². The number of fused-ring (bicyclic) bond motifs is 1. The van der Waals surface area contributed by atoms with Crippen molar-refractivity contribution in [2.24, 2.45) is 4.99 Å². The molecule has 34 heavy (non-hydrogen) atoms. The van der Waals surface area contributed by atoms with Crippen molar-refractivity contribution in [3.8, 4) is 0 Å². The average molecular weight is 481 g/mol. The maximum atomic E-state index is 12.7. The van der Waals surface area contributed by atoms with Crippen molar-refractivity contribution in [2.45, 2.75) is 25.5 Å². The second-order valence-electron chi connectivity index (χ2n) is 7.64. The zero-order valence-corrected chi connectivity index (χ0v) is 19.5. The third-order valence-corrected chi connectivity index (χ3v) is 6.53. The Labute approximate surface area is 199 Å². The van der Waals surface area contributed by atoms with Crippen molar-refractivity contribution in [2.75, 3.05) is 23.7 Å². The summed E-state index contributed by atoms with van der Waals surface area (Å²) in [6.45, 7) is 5.44. The van der Waals surface area contributed by atoms with E-state index in [9.17, 15) is 19.2 Å². The van der Waals surface area contributed by atoms with Gasteiger partial charge in [-0.05, 0) is 50.2 Å². The minimum atomic E-state index is -0.558. The third kappa shape index (κ3) is 5.20. The number of aromatic nitrogens is 2. The summed E-state index contributed by atoms with van der Waals surface area (Å²) in [5.41, 5.74) is 2.21. The van der Waals surface area contributed by atoms with Crippen molar-refractivity contribution >= 4 is 57.1 Å². The van der Waals surface area contributed by atoms with Crippen molar-refractivity contribution in [3.63, 3.8) is 0 Å². The van der Waals surface area contributed by atoms with Gasteiger partial charge in [0.15, 0.2) is 5.17 Å². The van der Waals surface area contributed by atoms with Crippen LogP contribution in [0, 0.1) is 0 Å². The zero-order valence-electron chi connectivity index (χ0n) is 18.7. The van der Waals surface area contributed by atoms with Gasteiger partial charge < -0.3 is 25.5 Å². The van der Waals surface area contributed by atoms with Crippen LogP contribution in [-0.4, -0.2) is 56.1 Å². The van der Waals surface area contributed by atoms with E-state index in [1.807, 2.05) is 18.7 Å². The molecule has 176 valence electrons. The molecule has 10 nitrogen and oxygen atoms in total. The molecular weight excluding hydrogens is 456 g/mol. The van der Waals surface area contributed by atoms with Gasteiger partial charge in [0.05, 0.1) is 11.0 Å². The first-order valence-electron chi connectivity index (χ1n) is 10.8. The van der Waals surface area contributed by atoms with Gasteiger partial charge in [-0.2, -0.15) is 4.99 Å². The first-order chi connectivity index (χ1) is 16.4. The molecule has 1 aromatic heterocycles. The second-order valence-corrected chi connectivity index (χ2v) is 8.81. The number of carbonyl (C=O) groups is 3. The van der Waals surface area contributed by atoms with Gasteiger partial charge in [-0.15, -0.1) is 0 Å². The van der Waals surface area contributed by atoms with Gasteiger partial charge >= 0.3 is 5.69 Å². The predicted octanol–water partition coefficient (Wildman–Crippen LogP) is 2.78. The topological polar surface area (TPSA) is 140 Å². The fourth-order valence-electron chi connectivity index (χ4n) is 3.57. The average Bonchev–Trinajstić information content (AvgIpc) is 3.35. The van der Waals surface area contributed by atoms with Crippen LogP contribution in [0.25, 0.3) is 11.0 Å². The van der Waals surface area contributed by atoms with Crippen molar-refractivity contribution in [3.05, 3.63) is 58.5 Å². The molecular formula is C23H24N6O4S. The number of aromatic amines is 2. The van der Waals surface area contributed by atoms with E-state index in [0.717, 1.165) is 13.1 Å². The number of thioether (sulfide) groups is 1. The highest BCUT2D eigenvalue weighted by Gasteiger charge is 2.32. The normalized spacial score (nSPS) is 15.3. The Morgan fingerprint density at radius 3 is 2.50 bits per heavy atom. The third-order valence-electron chi connectivity index (χ3n) is 5.32. The Balaban J connectivity index is 1.37. The maximum absolute atomic E-state index is 12.7. The van der Waals surface area contributed by atoms with Crippen LogP contribution in [0.15, 0.2) is 52.3 Å². The summed E-state index contributed by atoms with van der Waals surface area (Å²) in [5, 5.41) is 5.62. The Hall–Kier alpha value is -3.86. The molecule has 1 aliphatic rings. The largest absolute Gasteiger partial charge is 0.352 e.